The van der Waals surface area contributed by atoms with Gasteiger partial charge in [0.15, 0.2) is 0 Å². The number of morpholine rings is 1. The molecule has 0 spiro atoms. The first-order valence-corrected chi connectivity index (χ1v) is 11.6. The van der Waals surface area contributed by atoms with Crippen molar-refractivity contribution in [1.29, 1.82) is 0 Å². The number of fused-ring (bicyclic) bond motifs is 3. The zero-order valence-corrected chi connectivity index (χ0v) is 19.5. The highest BCUT2D eigenvalue weighted by atomic mass is 19.4. The molecule has 0 unspecified atom stereocenters. The highest BCUT2D eigenvalue weighted by molar-refractivity contribution is 6.04. The summed E-state index contributed by atoms with van der Waals surface area (Å²) in [5.41, 5.74) is 3.56. The number of halogens is 3. The van der Waals surface area contributed by atoms with Gasteiger partial charge in [0.1, 0.15) is 0 Å². The van der Waals surface area contributed by atoms with E-state index in [-0.39, 0.29) is 24.1 Å². The maximum Gasteiger partial charge on any atom is 0.416 e. The Hall–Kier alpha value is -3.50. The van der Waals surface area contributed by atoms with Crippen molar-refractivity contribution in [3.8, 4) is 11.1 Å². The van der Waals surface area contributed by atoms with E-state index in [9.17, 15) is 23.1 Å². The molecule has 0 saturated carbocycles. The van der Waals surface area contributed by atoms with Gasteiger partial charge in [0.2, 0.25) is 0 Å². The predicted octanol–water partition coefficient (Wildman–Crippen LogP) is 4.09. The monoisotopic (exact) mass is 498 g/mol. The average molecular weight is 499 g/mol. The van der Waals surface area contributed by atoms with E-state index in [0.29, 0.717) is 31.9 Å². The van der Waals surface area contributed by atoms with Gasteiger partial charge in [-0.3, -0.25) is 14.8 Å². The van der Waals surface area contributed by atoms with Crippen LogP contribution in [0.15, 0.2) is 48.8 Å². The van der Waals surface area contributed by atoms with Gasteiger partial charge in [0, 0.05) is 47.7 Å². The molecule has 5 rings (SSSR count). The number of aliphatic hydroxyl groups is 1. The highest BCUT2D eigenvalue weighted by Gasteiger charge is 2.37. The van der Waals surface area contributed by atoms with Crippen molar-refractivity contribution in [2.45, 2.75) is 25.6 Å². The first kappa shape index (κ1) is 24.2. The van der Waals surface area contributed by atoms with Crippen LogP contribution in [-0.2, 0) is 17.3 Å². The number of carbonyl (C=O) groups is 1. The van der Waals surface area contributed by atoms with Gasteiger partial charge in [-0.2, -0.15) is 13.2 Å². The Balaban J connectivity index is 1.43. The number of rotatable bonds is 4. The lowest BCUT2D eigenvalue weighted by Crippen LogP contribution is -2.54. The third-order valence-electron chi connectivity index (χ3n) is 6.76. The van der Waals surface area contributed by atoms with Gasteiger partial charge in [0.25, 0.3) is 5.91 Å². The molecule has 2 N–H and O–H groups in total. The molecule has 0 bridgehead atoms. The van der Waals surface area contributed by atoms with E-state index >= 15 is 0 Å². The lowest BCUT2D eigenvalue weighted by atomic mass is 9.87. The minimum absolute atomic E-state index is 0.0499. The van der Waals surface area contributed by atoms with Crippen molar-refractivity contribution in [3.05, 3.63) is 71.3 Å². The van der Waals surface area contributed by atoms with Gasteiger partial charge in [-0.25, -0.2) is 0 Å². The lowest BCUT2D eigenvalue weighted by Gasteiger charge is -2.45. The quantitative estimate of drug-likeness (QED) is 0.564. The fourth-order valence-electron chi connectivity index (χ4n) is 4.85. The number of ether oxygens (including phenoxy) is 1. The summed E-state index contributed by atoms with van der Waals surface area (Å²) in [5.74, 6) is -0.610. The standard InChI is InChI=1S/C26H25F3N4O3/c1-15-21(10-20(12-30-15)32-25(35)16-3-2-4-19(7-16)26(27,28)29)17-9-23-22(31-11-17)8-18(13-34)24-14-36-6-5-33(23)24/h2-4,7,9-12,18,24,34H,5-6,8,13-14H2,1H3,(H,32,35)/t18-,24-/m0/s1. The van der Waals surface area contributed by atoms with Crippen molar-refractivity contribution in [1.82, 2.24) is 9.97 Å². The Labute approximate surface area is 205 Å². The number of nitrogens with zero attached hydrogens (tertiary/aromatic N) is 3. The van der Waals surface area contributed by atoms with E-state index < -0.39 is 17.6 Å². The number of aromatic nitrogens is 2. The van der Waals surface area contributed by atoms with Gasteiger partial charge < -0.3 is 20.1 Å². The molecular weight excluding hydrogens is 473 g/mol. The molecule has 1 amide bonds. The molecule has 2 aromatic heterocycles. The van der Waals surface area contributed by atoms with Crippen LogP contribution in [0.5, 0.6) is 0 Å². The predicted molar refractivity (Wildman–Crippen MR) is 128 cm³/mol. The van der Waals surface area contributed by atoms with E-state index in [0.717, 1.165) is 40.3 Å². The van der Waals surface area contributed by atoms with Crippen LogP contribution in [0.4, 0.5) is 24.5 Å². The summed E-state index contributed by atoms with van der Waals surface area (Å²) in [4.78, 5) is 24.0. The minimum atomic E-state index is -4.54. The van der Waals surface area contributed by atoms with E-state index in [1.807, 2.05) is 13.0 Å². The Bertz CT molecular complexity index is 1300. The second-order valence-corrected chi connectivity index (χ2v) is 9.06. The summed E-state index contributed by atoms with van der Waals surface area (Å²) in [7, 11) is 0. The molecule has 1 aromatic carbocycles. The summed E-state index contributed by atoms with van der Waals surface area (Å²) in [5, 5.41) is 12.5. The molecule has 188 valence electrons. The third-order valence-corrected chi connectivity index (χ3v) is 6.76. The van der Waals surface area contributed by atoms with Crippen LogP contribution in [0.25, 0.3) is 11.1 Å². The van der Waals surface area contributed by atoms with Gasteiger partial charge in [-0.15, -0.1) is 0 Å². The Morgan fingerprint density at radius 1 is 1.22 bits per heavy atom. The summed E-state index contributed by atoms with van der Waals surface area (Å²) < 4.78 is 44.8. The molecule has 1 fully saturated rings. The van der Waals surface area contributed by atoms with E-state index in [2.05, 4.69) is 20.2 Å². The molecule has 7 nitrogen and oxygen atoms in total. The van der Waals surface area contributed by atoms with Gasteiger partial charge in [0.05, 0.1) is 48.1 Å². The normalized spacial score (nSPS) is 19.4. The van der Waals surface area contributed by atoms with Gasteiger partial charge >= 0.3 is 6.18 Å². The molecule has 4 heterocycles. The van der Waals surface area contributed by atoms with Crippen molar-refractivity contribution in [3.63, 3.8) is 0 Å². The number of anilines is 2. The molecule has 2 atom stereocenters. The van der Waals surface area contributed by atoms with Crippen LogP contribution in [0.3, 0.4) is 0 Å². The maximum absolute atomic E-state index is 13.0. The number of amides is 1. The zero-order valence-electron chi connectivity index (χ0n) is 19.5. The number of hydrogen-bond donors (Lipinski definition) is 2. The van der Waals surface area contributed by atoms with E-state index in [1.165, 1.54) is 18.3 Å². The Morgan fingerprint density at radius 3 is 2.83 bits per heavy atom. The highest BCUT2D eigenvalue weighted by Crippen LogP contribution is 2.37. The van der Waals surface area contributed by atoms with Gasteiger partial charge in [-0.05, 0) is 43.7 Å². The number of hydrogen-bond acceptors (Lipinski definition) is 6. The maximum atomic E-state index is 13.0. The number of alkyl halides is 3. The number of pyridine rings is 2. The van der Waals surface area contributed by atoms with Crippen LogP contribution in [0.2, 0.25) is 0 Å². The molecule has 2 aliphatic heterocycles. The lowest BCUT2D eigenvalue weighted by molar-refractivity contribution is -0.137. The molecule has 36 heavy (non-hydrogen) atoms. The van der Waals surface area contributed by atoms with Crippen molar-refractivity contribution in [2.24, 2.45) is 5.92 Å². The Kier molecular flexibility index (Phi) is 6.40. The number of aryl methyl sites for hydroxylation is 1. The van der Waals surface area contributed by atoms with Crippen LogP contribution in [0.1, 0.15) is 27.3 Å². The summed E-state index contributed by atoms with van der Waals surface area (Å²) in [6.07, 6.45) is -0.664. The second-order valence-electron chi connectivity index (χ2n) is 9.06. The SMILES string of the molecule is Cc1ncc(NC(=O)c2cccc(C(F)(F)F)c2)cc1-c1cnc2c(c1)N1CCOC[C@H]1[C@H](CO)C2. The first-order chi connectivity index (χ1) is 17.2. The largest absolute Gasteiger partial charge is 0.416 e. The summed E-state index contributed by atoms with van der Waals surface area (Å²) in [6.45, 7) is 3.74. The summed E-state index contributed by atoms with van der Waals surface area (Å²) in [6, 6.07) is 8.14. The van der Waals surface area contributed by atoms with Crippen LogP contribution in [0, 0.1) is 12.8 Å². The molecule has 0 aliphatic carbocycles. The topological polar surface area (TPSA) is 87.6 Å². The first-order valence-electron chi connectivity index (χ1n) is 11.6. The van der Waals surface area contributed by atoms with Crippen LogP contribution >= 0.6 is 0 Å². The number of benzene rings is 1. The third kappa shape index (κ3) is 4.66. The van der Waals surface area contributed by atoms with Gasteiger partial charge in [-0.1, -0.05) is 6.07 Å². The zero-order chi connectivity index (χ0) is 25.4. The molecule has 1 saturated heterocycles. The summed E-state index contributed by atoms with van der Waals surface area (Å²) >= 11 is 0. The fourth-order valence-corrected chi connectivity index (χ4v) is 4.85. The molecule has 10 heteroatoms. The molecular formula is C26H25F3N4O3. The van der Waals surface area contributed by atoms with E-state index in [1.54, 1.807) is 12.3 Å². The number of nitrogens with one attached hydrogen (secondary N) is 1. The smallest absolute Gasteiger partial charge is 0.396 e. The Morgan fingerprint density at radius 2 is 2.06 bits per heavy atom. The molecule has 3 aromatic rings. The molecule has 2 aliphatic rings. The minimum Gasteiger partial charge on any atom is -0.396 e. The number of carbonyl (C=O) groups excluding carboxylic acids is 1. The van der Waals surface area contributed by atoms with Crippen LogP contribution < -0.4 is 10.2 Å². The van der Waals surface area contributed by atoms with Crippen molar-refractivity contribution >= 4 is 17.3 Å². The van der Waals surface area contributed by atoms with Crippen molar-refractivity contribution in [2.75, 3.05) is 36.6 Å². The average Bonchev–Trinajstić information content (AvgIpc) is 2.88. The second kappa shape index (κ2) is 9.51. The van der Waals surface area contributed by atoms with E-state index in [4.69, 9.17) is 4.74 Å². The van der Waals surface area contributed by atoms with Crippen LogP contribution in [-0.4, -0.2) is 53.4 Å². The molecule has 0 radical (unpaired) electrons. The number of aliphatic hydroxyl groups excluding tert-OH is 1. The fraction of sp³-hybridized carbons (Fsp3) is 0.346. The van der Waals surface area contributed by atoms with Crippen molar-refractivity contribution < 1.29 is 27.8 Å².